The smallest absolute Gasteiger partial charge is 0.0649 e. The summed E-state index contributed by atoms with van der Waals surface area (Å²) in [6.45, 7) is 5.39. The van der Waals surface area contributed by atoms with E-state index in [-0.39, 0.29) is 0 Å². The Hall–Kier alpha value is -1.57. The maximum absolute atomic E-state index is 6.25. The van der Waals surface area contributed by atoms with Crippen molar-refractivity contribution in [2.24, 2.45) is 10.9 Å². The minimum absolute atomic E-state index is 0.649. The third-order valence-corrected chi connectivity index (χ3v) is 5.06. The van der Waals surface area contributed by atoms with Crippen LogP contribution in [0.4, 0.5) is 0 Å². The maximum Gasteiger partial charge on any atom is 0.0649 e. The van der Waals surface area contributed by atoms with Crippen molar-refractivity contribution in [3.63, 3.8) is 0 Å². The fraction of sp³-hybridized carbons (Fsp3) is 0.318. The van der Waals surface area contributed by atoms with Gasteiger partial charge in [-0.3, -0.25) is 4.99 Å². The van der Waals surface area contributed by atoms with Crippen LogP contribution in [0.3, 0.4) is 0 Å². The van der Waals surface area contributed by atoms with Crippen molar-refractivity contribution in [3.05, 3.63) is 74.8 Å². The maximum atomic E-state index is 6.25. The zero-order valence-corrected chi connectivity index (χ0v) is 16.2. The van der Waals surface area contributed by atoms with E-state index in [1.54, 1.807) is 6.07 Å². The highest BCUT2D eigenvalue weighted by molar-refractivity contribution is 6.35. The van der Waals surface area contributed by atoms with Crippen LogP contribution in [0.2, 0.25) is 10.0 Å². The fourth-order valence-electron chi connectivity index (χ4n) is 3.04. The summed E-state index contributed by atoms with van der Waals surface area (Å²) in [6.07, 6.45) is 7.46. The van der Waals surface area contributed by atoms with Crippen LogP contribution >= 0.6 is 23.2 Å². The SMILES string of the molecule is CC(C)CCc1ccc2c(c1)CCN=C2C=Cc1ccc(Cl)cc1Cl. The van der Waals surface area contributed by atoms with Gasteiger partial charge >= 0.3 is 0 Å². The van der Waals surface area contributed by atoms with Gasteiger partial charge in [0.2, 0.25) is 0 Å². The van der Waals surface area contributed by atoms with Crippen LogP contribution in [0.25, 0.3) is 6.08 Å². The molecule has 0 radical (unpaired) electrons. The monoisotopic (exact) mass is 371 g/mol. The largest absolute Gasteiger partial charge is 0.284 e. The van der Waals surface area contributed by atoms with Crippen molar-refractivity contribution in [3.8, 4) is 0 Å². The first-order valence-electron chi connectivity index (χ1n) is 8.82. The topological polar surface area (TPSA) is 12.4 Å². The first kappa shape index (κ1) is 18.2. The second-order valence-corrected chi connectivity index (χ2v) is 7.78. The minimum atomic E-state index is 0.649. The Balaban J connectivity index is 1.81. The zero-order chi connectivity index (χ0) is 17.8. The molecule has 1 aliphatic rings. The molecule has 0 N–H and O–H groups in total. The predicted molar refractivity (Wildman–Crippen MR) is 110 cm³/mol. The molecule has 0 spiro atoms. The van der Waals surface area contributed by atoms with Crippen LogP contribution in [-0.4, -0.2) is 12.3 Å². The highest BCUT2D eigenvalue weighted by atomic mass is 35.5. The Morgan fingerprint density at radius 1 is 1.08 bits per heavy atom. The van der Waals surface area contributed by atoms with Crippen LogP contribution in [-0.2, 0) is 12.8 Å². The summed E-state index contributed by atoms with van der Waals surface area (Å²) in [5.74, 6) is 0.736. The van der Waals surface area contributed by atoms with Crippen LogP contribution in [0.1, 0.15) is 42.5 Å². The van der Waals surface area contributed by atoms with Crippen molar-refractivity contribution in [2.45, 2.75) is 33.1 Å². The van der Waals surface area contributed by atoms with Gasteiger partial charge < -0.3 is 0 Å². The van der Waals surface area contributed by atoms with E-state index in [1.165, 1.54) is 23.1 Å². The summed E-state index contributed by atoms with van der Waals surface area (Å²) in [6, 6.07) is 12.4. The normalized spacial score (nSPS) is 14.0. The van der Waals surface area contributed by atoms with E-state index in [0.717, 1.165) is 36.6 Å². The number of aryl methyl sites for hydroxylation is 1. The molecule has 0 fully saturated rings. The van der Waals surface area contributed by atoms with Gasteiger partial charge in [-0.25, -0.2) is 0 Å². The predicted octanol–water partition coefficient (Wildman–Crippen LogP) is 6.64. The zero-order valence-electron chi connectivity index (χ0n) is 14.7. The molecule has 130 valence electrons. The number of nitrogens with zero attached hydrogens (tertiary/aromatic N) is 1. The van der Waals surface area contributed by atoms with E-state index in [4.69, 9.17) is 28.2 Å². The van der Waals surface area contributed by atoms with E-state index in [1.807, 2.05) is 18.2 Å². The summed E-state index contributed by atoms with van der Waals surface area (Å²) in [5.41, 5.74) is 6.05. The highest BCUT2D eigenvalue weighted by Crippen LogP contribution is 2.24. The van der Waals surface area contributed by atoms with Crippen molar-refractivity contribution in [2.75, 3.05) is 6.54 Å². The molecule has 0 amide bonds. The summed E-state index contributed by atoms with van der Waals surface area (Å²) in [5, 5.41) is 1.31. The van der Waals surface area contributed by atoms with Crippen molar-refractivity contribution in [1.29, 1.82) is 0 Å². The number of aliphatic imine (C=N–C) groups is 1. The molecule has 2 aromatic carbocycles. The number of rotatable bonds is 5. The van der Waals surface area contributed by atoms with E-state index in [0.29, 0.717) is 10.0 Å². The second kappa shape index (κ2) is 8.21. The number of hydrogen-bond donors (Lipinski definition) is 0. The summed E-state index contributed by atoms with van der Waals surface area (Å²) in [7, 11) is 0. The molecule has 1 aliphatic heterocycles. The van der Waals surface area contributed by atoms with E-state index in [9.17, 15) is 0 Å². The third-order valence-electron chi connectivity index (χ3n) is 4.50. The highest BCUT2D eigenvalue weighted by Gasteiger charge is 2.13. The molecule has 0 saturated heterocycles. The standard InChI is InChI=1S/C22H23Cl2N/c1-15(2)3-4-16-5-9-20-18(13-16)11-12-25-22(20)10-7-17-6-8-19(23)14-21(17)24/h5-10,13-15H,3-4,11-12H2,1-2H3. The van der Waals surface area contributed by atoms with E-state index < -0.39 is 0 Å². The van der Waals surface area contributed by atoms with Gasteiger partial charge in [-0.15, -0.1) is 0 Å². The third kappa shape index (κ3) is 4.74. The molecule has 0 atom stereocenters. The average molecular weight is 372 g/mol. The molecule has 0 aliphatic carbocycles. The molecular weight excluding hydrogens is 349 g/mol. The fourth-order valence-corrected chi connectivity index (χ4v) is 3.52. The Kier molecular flexibility index (Phi) is 5.98. The van der Waals surface area contributed by atoms with Gasteiger partial charge in [0, 0.05) is 22.2 Å². The van der Waals surface area contributed by atoms with Crippen molar-refractivity contribution < 1.29 is 0 Å². The van der Waals surface area contributed by atoms with Crippen LogP contribution in [0.15, 0.2) is 47.5 Å². The molecule has 0 aromatic heterocycles. The van der Waals surface area contributed by atoms with Gasteiger partial charge in [-0.05, 0) is 60.1 Å². The molecule has 3 rings (SSSR count). The number of fused-ring (bicyclic) bond motifs is 1. The lowest BCUT2D eigenvalue weighted by Gasteiger charge is -2.16. The first-order chi connectivity index (χ1) is 12.0. The van der Waals surface area contributed by atoms with Crippen molar-refractivity contribution >= 4 is 35.0 Å². The first-order valence-corrected chi connectivity index (χ1v) is 9.58. The van der Waals surface area contributed by atoms with Crippen LogP contribution < -0.4 is 0 Å². The molecule has 25 heavy (non-hydrogen) atoms. The molecule has 1 nitrogen and oxygen atoms in total. The second-order valence-electron chi connectivity index (χ2n) is 6.94. The van der Waals surface area contributed by atoms with Crippen LogP contribution in [0, 0.1) is 5.92 Å². The Bertz CT molecular complexity index is 819. The molecule has 2 aromatic rings. The Morgan fingerprint density at radius 2 is 1.92 bits per heavy atom. The van der Waals surface area contributed by atoms with Gasteiger partial charge in [0.25, 0.3) is 0 Å². The van der Waals surface area contributed by atoms with Gasteiger partial charge in [0.15, 0.2) is 0 Å². The molecule has 0 saturated carbocycles. The number of benzene rings is 2. The van der Waals surface area contributed by atoms with Gasteiger partial charge in [0.05, 0.1) is 5.71 Å². The minimum Gasteiger partial charge on any atom is -0.284 e. The molecule has 0 unspecified atom stereocenters. The lowest BCUT2D eigenvalue weighted by molar-refractivity contribution is 0.586. The van der Waals surface area contributed by atoms with Gasteiger partial charge in [-0.2, -0.15) is 0 Å². The quantitative estimate of drug-likeness (QED) is 0.558. The summed E-state index contributed by atoms with van der Waals surface area (Å²) in [4.78, 5) is 4.70. The lowest BCUT2D eigenvalue weighted by atomic mass is 9.93. The Labute approximate surface area is 160 Å². The van der Waals surface area contributed by atoms with Crippen LogP contribution in [0.5, 0.6) is 0 Å². The van der Waals surface area contributed by atoms with Gasteiger partial charge in [-0.1, -0.05) is 67.4 Å². The van der Waals surface area contributed by atoms with Gasteiger partial charge in [0.1, 0.15) is 0 Å². The summed E-state index contributed by atoms with van der Waals surface area (Å²) < 4.78 is 0. The number of allylic oxidation sites excluding steroid dienone is 1. The average Bonchev–Trinajstić information content (AvgIpc) is 2.59. The van der Waals surface area contributed by atoms with E-state index >= 15 is 0 Å². The number of hydrogen-bond acceptors (Lipinski definition) is 1. The molecule has 0 bridgehead atoms. The molecule has 1 heterocycles. The molecule has 3 heteroatoms. The lowest BCUT2D eigenvalue weighted by Crippen LogP contribution is -2.11. The van der Waals surface area contributed by atoms with E-state index in [2.05, 4.69) is 38.1 Å². The molecular formula is C22H23Cl2N. The Morgan fingerprint density at radius 3 is 2.68 bits per heavy atom. The number of halogens is 2. The van der Waals surface area contributed by atoms with Crippen molar-refractivity contribution in [1.82, 2.24) is 0 Å². The summed E-state index contributed by atoms with van der Waals surface area (Å²) >= 11 is 12.2.